The quantitative estimate of drug-likeness (QED) is 0.730. The fraction of sp³-hybridized carbons (Fsp3) is 0.222. The number of aryl methyl sites for hydroxylation is 1. The van der Waals surface area contributed by atoms with Gasteiger partial charge in [-0.3, -0.25) is 4.79 Å². The number of aromatic amines is 1. The van der Waals surface area contributed by atoms with E-state index in [-0.39, 0.29) is 5.56 Å². The van der Waals surface area contributed by atoms with Gasteiger partial charge in [-0.25, -0.2) is 4.68 Å². The van der Waals surface area contributed by atoms with Gasteiger partial charge in [-0.15, -0.1) is 10.2 Å². The number of H-pyrrole nitrogens is 1. The Morgan fingerprint density at radius 3 is 2.87 bits per heavy atom. The molecule has 0 aromatic carbocycles. The van der Waals surface area contributed by atoms with Crippen LogP contribution in [0.4, 0.5) is 0 Å². The summed E-state index contributed by atoms with van der Waals surface area (Å²) in [6.45, 7) is 1.71. The molecule has 2 aromatic heterocycles. The lowest BCUT2D eigenvalue weighted by Crippen LogP contribution is -2.31. The molecule has 0 saturated carbocycles. The third-order valence-corrected chi connectivity index (χ3v) is 2.10. The van der Waals surface area contributed by atoms with E-state index >= 15 is 0 Å². The van der Waals surface area contributed by atoms with E-state index in [2.05, 4.69) is 20.6 Å². The van der Waals surface area contributed by atoms with E-state index in [9.17, 15) is 4.79 Å². The summed E-state index contributed by atoms with van der Waals surface area (Å²) in [5.74, 6) is 0.526. The summed E-state index contributed by atoms with van der Waals surface area (Å²) in [5.41, 5.74) is 3.51. The molecule has 0 bridgehead atoms. The summed E-state index contributed by atoms with van der Waals surface area (Å²) in [6, 6.07) is 3.58. The van der Waals surface area contributed by atoms with Crippen LogP contribution in [-0.4, -0.2) is 26.9 Å². The van der Waals surface area contributed by atoms with Crippen LogP contribution in [-0.2, 0) is 0 Å². The number of nitrogens with zero attached hydrogens (tertiary/aromatic N) is 3. The Morgan fingerprint density at radius 2 is 2.27 bits per heavy atom. The SMILES string of the molecule is CNn1c(C)nnc(-c2ccc[nH]2)c1=O. The van der Waals surface area contributed by atoms with Crippen LogP contribution in [0.5, 0.6) is 0 Å². The summed E-state index contributed by atoms with van der Waals surface area (Å²) >= 11 is 0. The highest BCUT2D eigenvalue weighted by Crippen LogP contribution is 2.07. The van der Waals surface area contributed by atoms with Gasteiger partial charge < -0.3 is 10.4 Å². The second kappa shape index (κ2) is 3.56. The van der Waals surface area contributed by atoms with Gasteiger partial charge in [-0.1, -0.05) is 0 Å². The zero-order valence-electron chi connectivity index (χ0n) is 8.48. The van der Waals surface area contributed by atoms with Crippen LogP contribution in [0.15, 0.2) is 23.1 Å². The Balaban J connectivity index is 2.65. The van der Waals surface area contributed by atoms with Gasteiger partial charge in [-0.05, 0) is 19.1 Å². The molecule has 2 rings (SSSR count). The van der Waals surface area contributed by atoms with E-state index in [0.29, 0.717) is 17.2 Å². The van der Waals surface area contributed by atoms with Crippen molar-refractivity contribution < 1.29 is 0 Å². The largest absolute Gasteiger partial charge is 0.360 e. The lowest BCUT2D eigenvalue weighted by molar-refractivity contribution is 0.742. The lowest BCUT2D eigenvalue weighted by Gasteiger charge is -2.07. The number of aromatic nitrogens is 4. The molecule has 78 valence electrons. The molecule has 2 N–H and O–H groups in total. The molecule has 0 amide bonds. The molecule has 0 fully saturated rings. The van der Waals surface area contributed by atoms with Gasteiger partial charge >= 0.3 is 0 Å². The topological polar surface area (TPSA) is 75.6 Å². The van der Waals surface area contributed by atoms with Gasteiger partial charge in [0.15, 0.2) is 11.5 Å². The number of hydrogen-bond donors (Lipinski definition) is 2. The predicted octanol–water partition coefficient (Wildman–Crippen LogP) is 0.115. The standard InChI is InChI=1S/C9H11N5O/c1-6-12-13-8(7-4-3-5-11-7)9(15)14(6)10-2/h3-5,10-11H,1-2H3. The van der Waals surface area contributed by atoms with E-state index in [1.165, 1.54) is 4.68 Å². The zero-order valence-corrected chi connectivity index (χ0v) is 8.48. The van der Waals surface area contributed by atoms with Crippen molar-refractivity contribution in [3.63, 3.8) is 0 Å². The lowest BCUT2D eigenvalue weighted by atomic mass is 10.3. The molecule has 0 radical (unpaired) electrons. The third-order valence-electron chi connectivity index (χ3n) is 2.10. The first kappa shape index (κ1) is 9.45. The third kappa shape index (κ3) is 1.50. The smallest absolute Gasteiger partial charge is 0.300 e. The minimum absolute atomic E-state index is 0.215. The molecular weight excluding hydrogens is 194 g/mol. The molecule has 0 aliphatic rings. The highest BCUT2D eigenvalue weighted by Gasteiger charge is 2.10. The number of nitrogens with one attached hydrogen (secondary N) is 2. The molecule has 0 spiro atoms. The predicted molar refractivity (Wildman–Crippen MR) is 56.1 cm³/mol. The molecule has 6 heteroatoms. The molecule has 0 atom stereocenters. The Bertz CT molecular complexity index is 514. The molecule has 6 nitrogen and oxygen atoms in total. The Labute approximate surface area is 85.9 Å². The number of rotatable bonds is 2. The minimum Gasteiger partial charge on any atom is -0.360 e. The van der Waals surface area contributed by atoms with Crippen LogP contribution in [0.3, 0.4) is 0 Å². The van der Waals surface area contributed by atoms with Crippen molar-refractivity contribution in [1.82, 2.24) is 19.9 Å². The van der Waals surface area contributed by atoms with Crippen LogP contribution in [0, 0.1) is 6.92 Å². The second-order valence-corrected chi connectivity index (χ2v) is 3.04. The first-order chi connectivity index (χ1) is 7.24. The summed E-state index contributed by atoms with van der Waals surface area (Å²) < 4.78 is 1.35. The van der Waals surface area contributed by atoms with Crippen LogP contribution in [0.25, 0.3) is 11.4 Å². The summed E-state index contributed by atoms with van der Waals surface area (Å²) in [5, 5.41) is 7.77. The summed E-state index contributed by atoms with van der Waals surface area (Å²) in [6.07, 6.45) is 1.74. The summed E-state index contributed by atoms with van der Waals surface area (Å²) in [4.78, 5) is 14.8. The molecule has 0 aliphatic heterocycles. The Morgan fingerprint density at radius 1 is 1.47 bits per heavy atom. The van der Waals surface area contributed by atoms with Crippen LogP contribution in [0.1, 0.15) is 5.82 Å². The van der Waals surface area contributed by atoms with Crippen molar-refractivity contribution in [2.45, 2.75) is 6.92 Å². The maximum absolute atomic E-state index is 11.9. The van der Waals surface area contributed by atoms with Crippen molar-refractivity contribution in [2.24, 2.45) is 0 Å². The minimum atomic E-state index is -0.215. The van der Waals surface area contributed by atoms with Crippen molar-refractivity contribution >= 4 is 0 Å². The van der Waals surface area contributed by atoms with Gasteiger partial charge in [0, 0.05) is 13.2 Å². The first-order valence-corrected chi connectivity index (χ1v) is 4.52. The Hall–Kier alpha value is -2.11. The molecule has 2 aromatic rings. The van der Waals surface area contributed by atoms with Crippen LogP contribution in [0.2, 0.25) is 0 Å². The molecule has 2 heterocycles. The average molecular weight is 205 g/mol. The van der Waals surface area contributed by atoms with Crippen molar-refractivity contribution in [3.8, 4) is 11.4 Å². The maximum Gasteiger partial charge on any atom is 0.300 e. The van der Waals surface area contributed by atoms with Gasteiger partial charge in [0.05, 0.1) is 5.69 Å². The molecule has 15 heavy (non-hydrogen) atoms. The van der Waals surface area contributed by atoms with Crippen molar-refractivity contribution in [3.05, 3.63) is 34.5 Å². The first-order valence-electron chi connectivity index (χ1n) is 4.52. The van der Waals surface area contributed by atoms with E-state index < -0.39 is 0 Å². The van der Waals surface area contributed by atoms with E-state index in [0.717, 1.165) is 0 Å². The van der Waals surface area contributed by atoms with Crippen molar-refractivity contribution in [2.75, 3.05) is 12.5 Å². The summed E-state index contributed by atoms with van der Waals surface area (Å²) in [7, 11) is 1.66. The van der Waals surface area contributed by atoms with E-state index in [1.54, 1.807) is 32.3 Å². The zero-order chi connectivity index (χ0) is 10.8. The van der Waals surface area contributed by atoms with Crippen LogP contribution >= 0.6 is 0 Å². The molecule has 0 unspecified atom stereocenters. The molecular formula is C9H11N5O. The second-order valence-electron chi connectivity index (χ2n) is 3.04. The molecule has 0 saturated heterocycles. The maximum atomic E-state index is 11.9. The van der Waals surface area contributed by atoms with Crippen molar-refractivity contribution in [1.29, 1.82) is 0 Å². The highest BCUT2D eigenvalue weighted by molar-refractivity contribution is 5.52. The normalized spacial score (nSPS) is 10.3. The van der Waals surface area contributed by atoms with Gasteiger partial charge in [-0.2, -0.15) is 0 Å². The molecule has 0 aliphatic carbocycles. The van der Waals surface area contributed by atoms with Crippen LogP contribution < -0.4 is 11.0 Å². The highest BCUT2D eigenvalue weighted by atomic mass is 16.1. The monoisotopic (exact) mass is 205 g/mol. The van der Waals surface area contributed by atoms with Gasteiger partial charge in [0.25, 0.3) is 5.56 Å². The van der Waals surface area contributed by atoms with Gasteiger partial charge in [0.1, 0.15) is 0 Å². The Kier molecular flexibility index (Phi) is 2.24. The fourth-order valence-corrected chi connectivity index (χ4v) is 1.37. The van der Waals surface area contributed by atoms with E-state index in [1.807, 2.05) is 0 Å². The average Bonchev–Trinajstić information content (AvgIpc) is 2.71. The van der Waals surface area contributed by atoms with Gasteiger partial charge in [0.2, 0.25) is 0 Å². The fourth-order valence-electron chi connectivity index (χ4n) is 1.37. The van der Waals surface area contributed by atoms with E-state index in [4.69, 9.17) is 0 Å². The number of hydrogen-bond acceptors (Lipinski definition) is 4.